The van der Waals surface area contributed by atoms with Crippen molar-refractivity contribution in [3.05, 3.63) is 34.9 Å². The Labute approximate surface area is 105 Å². The molecule has 1 saturated heterocycles. The largest absolute Gasteiger partial charge is 0.358 e. The van der Waals surface area contributed by atoms with Crippen molar-refractivity contribution < 1.29 is 9.53 Å². The number of amides is 2. The number of benzene rings is 1. The topological polar surface area (TPSA) is 50.4 Å². The third kappa shape index (κ3) is 3.91. The minimum absolute atomic E-state index is 0.144. The lowest BCUT2D eigenvalue weighted by molar-refractivity contribution is 0.0907. The summed E-state index contributed by atoms with van der Waals surface area (Å²) in [5.41, 5.74) is 0.972. The summed E-state index contributed by atoms with van der Waals surface area (Å²) in [6.45, 7) is 1.18. The van der Waals surface area contributed by atoms with Crippen LogP contribution in [0.5, 0.6) is 0 Å². The Morgan fingerprint density at radius 3 is 3.12 bits per heavy atom. The Morgan fingerprint density at radius 1 is 1.53 bits per heavy atom. The van der Waals surface area contributed by atoms with E-state index in [0.29, 0.717) is 11.6 Å². The Morgan fingerprint density at radius 2 is 2.41 bits per heavy atom. The molecule has 1 atom stereocenters. The molecule has 1 aromatic carbocycles. The van der Waals surface area contributed by atoms with Crippen molar-refractivity contribution in [2.24, 2.45) is 0 Å². The van der Waals surface area contributed by atoms with Crippen molar-refractivity contribution in [2.75, 3.05) is 6.61 Å². The number of carbonyl (C=O) groups excluding carboxylic acids is 1. The molecule has 0 aliphatic carbocycles. The van der Waals surface area contributed by atoms with Crippen LogP contribution in [0.2, 0.25) is 5.02 Å². The summed E-state index contributed by atoms with van der Waals surface area (Å²) in [4.78, 5) is 11.5. The number of hydrogen-bond donors (Lipinski definition) is 2. The van der Waals surface area contributed by atoms with Gasteiger partial charge in [-0.3, -0.25) is 0 Å². The van der Waals surface area contributed by atoms with Crippen LogP contribution in [-0.4, -0.2) is 18.9 Å². The average molecular weight is 255 g/mol. The molecule has 0 bridgehead atoms. The van der Waals surface area contributed by atoms with Crippen LogP contribution < -0.4 is 10.6 Å². The highest BCUT2D eigenvalue weighted by atomic mass is 35.5. The molecule has 92 valence electrons. The predicted octanol–water partition coefficient (Wildman–Crippen LogP) is 2.28. The van der Waals surface area contributed by atoms with Gasteiger partial charge in [0.2, 0.25) is 0 Å². The zero-order chi connectivity index (χ0) is 12.1. The SMILES string of the molecule is O=C(NCc1cccc(Cl)c1)NC1CCCO1. The summed E-state index contributed by atoms with van der Waals surface area (Å²) in [6.07, 6.45) is 1.73. The smallest absolute Gasteiger partial charge is 0.317 e. The molecule has 0 spiro atoms. The molecule has 1 unspecified atom stereocenters. The highest BCUT2D eigenvalue weighted by Crippen LogP contribution is 2.10. The Hall–Kier alpha value is -1.26. The number of halogens is 1. The monoisotopic (exact) mass is 254 g/mol. The van der Waals surface area contributed by atoms with E-state index in [4.69, 9.17) is 16.3 Å². The third-order valence-electron chi connectivity index (χ3n) is 2.56. The molecule has 2 N–H and O–H groups in total. The normalized spacial score (nSPS) is 19.0. The summed E-state index contributed by atoms with van der Waals surface area (Å²) >= 11 is 5.85. The minimum atomic E-state index is -0.211. The molecule has 1 aliphatic rings. The Bertz CT molecular complexity index is 392. The van der Waals surface area contributed by atoms with Crippen LogP contribution in [0.3, 0.4) is 0 Å². The van der Waals surface area contributed by atoms with Gasteiger partial charge in [-0.05, 0) is 30.5 Å². The molecule has 5 heteroatoms. The number of nitrogens with one attached hydrogen (secondary N) is 2. The molecule has 1 fully saturated rings. The molecule has 0 saturated carbocycles. The molecule has 0 radical (unpaired) electrons. The number of carbonyl (C=O) groups is 1. The van der Waals surface area contributed by atoms with Crippen LogP contribution in [0.4, 0.5) is 4.79 Å². The molecule has 17 heavy (non-hydrogen) atoms. The number of ether oxygens (including phenoxy) is 1. The number of rotatable bonds is 3. The first kappa shape index (κ1) is 12.2. The second-order valence-electron chi connectivity index (χ2n) is 3.96. The van der Waals surface area contributed by atoms with Gasteiger partial charge in [0.25, 0.3) is 0 Å². The molecular formula is C12H15ClN2O2. The van der Waals surface area contributed by atoms with Crippen LogP contribution >= 0.6 is 11.6 Å². The second kappa shape index (κ2) is 5.89. The molecule has 2 rings (SSSR count). The molecule has 1 heterocycles. The van der Waals surface area contributed by atoms with Gasteiger partial charge in [-0.25, -0.2) is 4.79 Å². The van der Waals surface area contributed by atoms with Gasteiger partial charge < -0.3 is 15.4 Å². The summed E-state index contributed by atoms with van der Waals surface area (Å²) < 4.78 is 5.30. The maximum atomic E-state index is 11.5. The average Bonchev–Trinajstić information content (AvgIpc) is 2.79. The van der Waals surface area contributed by atoms with Gasteiger partial charge in [0.15, 0.2) is 0 Å². The standard InChI is InChI=1S/C12H15ClN2O2/c13-10-4-1-3-9(7-10)8-14-12(16)15-11-5-2-6-17-11/h1,3-4,7,11H,2,5-6,8H2,(H2,14,15,16). The van der Waals surface area contributed by atoms with Crippen LogP contribution in [0, 0.1) is 0 Å². The second-order valence-corrected chi connectivity index (χ2v) is 4.40. The molecule has 2 amide bonds. The van der Waals surface area contributed by atoms with Crippen LogP contribution in [0.15, 0.2) is 24.3 Å². The van der Waals surface area contributed by atoms with E-state index in [1.807, 2.05) is 18.2 Å². The minimum Gasteiger partial charge on any atom is -0.358 e. The fourth-order valence-corrected chi connectivity index (χ4v) is 1.93. The van der Waals surface area contributed by atoms with Crippen molar-refractivity contribution in [1.29, 1.82) is 0 Å². The third-order valence-corrected chi connectivity index (χ3v) is 2.80. The summed E-state index contributed by atoms with van der Waals surface area (Å²) in [5.74, 6) is 0. The first-order valence-electron chi connectivity index (χ1n) is 5.64. The van der Waals surface area contributed by atoms with Gasteiger partial charge in [-0.15, -0.1) is 0 Å². The van der Waals surface area contributed by atoms with Crippen molar-refractivity contribution in [1.82, 2.24) is 10.6 Å². The van der Waals surface area contributed by atoms with Crippen molar-refractivity contribution in [2.45, 2.75) is 25.6 Å². The van der Waals surface area contributed by atoms with Gasteiger partial charge in [-0.2, -0.15) is 0 Å². The van der Waals surface area contributed by atoms with Crippen molar-refractivity contribution in [3.8, 4) is 0 Å². The van der Waals surface area contributed by atoms with Crippen LogP contribution in [-0.2, 0) is 11.3 Å². The van der Waals surface area contributed by atoms with E-state index in [9.17, 15) is 4.79 Å². The van der Waals surface area contributed by atoms with E-state index in [1.165, 1.54) is 0 Å². The van der Waals surface area contributed by atoms with E-state index in [1.54, 1.807) is 6.07 Å². The van der Waals surface area contributed by atoms with E-state index < -0.39 is 0 Å². The lowest BCUT2D eigenvalue weighted by atomic mass is 10.2. The highest BCUT2D eigenvalue weighted by molar-refractivity contribution is 6.30. The van der Waals surface area contributed by atoms with Crippen molar-refractivity contribution >= 4 is 17.6 Å². The Balaban J connectivity index is 1.75. The number of hydrogen-bond acceptors (Lipinski definition) is 2. The summed E-state index contributed by atoms with van der Waals surface area (Å²) in [7, 11) is 0. The first-order chi connectivity index (χ1) is 8.24. The molecular weight excluding hydrogens is 240 g/mol. The predicted molar refractivity (Wildman–Crippen MR) is 65.8 cm³/mol. The lowest BCUT2D eigenvalue weighted by Crippen LogP contribution is -2.41. The maximum absolute atomic E-state index is 11.5. The molecule has 1 aromatic rings. The molecule has 4 nitrogen and oxygen atoms in total. The summed E-state index contributed by atoms with van der Waals surface area (Å²) in [6, 6.07) is 7.19. The molecule has 0 aromatic heterocycles. The maximum Gasteiger partial charge on any atom is 0.317 e. The fraction of sp³-hybridized carbons (Fsp3) is 0.417. The van der Waals surface area contributed by atoms with E-state index >= 15 is 0 Å². The van der Waals surface area contributed by atoms with E-state index in [0.717, 1.165) is 25.0 Å². The zero-order valence-electron chi connectivity index (χ0n) is 9.41. The van der Waals surface area contributed by atoms with Gasteiger partial charge in [0.1, 0.15) is 6.23 Å². The first-order valence-corrected chi connectivity index (χ1v) is 6.02. The Kier molecular flexibility index (Phi) is 4.23. The zero-order valence-corrected chi connectivity index (χ0v) is 10.2. The lowest BCUT2D eigenvalue weighted by Gasteiger charge is -2.12. The van der Waals surface area contributed by atoms with Gasteiger partial charge in [0.05, 0.1) is 0 Å². The summed E-state index contributed by atoms with van der Waals surface area (Å²) in [5, 5.41) is 6.19. The van der Waals surface area contributed by atoms with Crippen molar-refractivity contribution in [3.63, 3.8) is 0 Å². The molecule has 1 aliphatic heterocycles. The van der Waals surface area contributed by atoms with E-state index in [-0.39, 0.29) is 12.3 Å². The quantitative estimate of drug-likeness (QED) is 0.870. The van der Waals surface area contributed by atoms with Gasteiger partial charge in [-0.1, -0.05) is 23.7 Å². The van der Waals surface area contributed by atoms with Crippen LogP contribution in [0.1, 0.15) is 18.4 Å². The fourth-order valence-electron chi connectivity index (χ4n) is 1.72. The highest BCUT2D eigenvalue weighted by Gasteiger charge is 2.17. The number of urea groups is 1. The van der Waals surface area contributed by atoms with Gasteiger partial charge in [0, 0.05) is 18.2 Å². The van der Waals surface area contributed by atoms with E-state index in [2.05, 4.69) is 10.6 Å². The van der Waals surface area contributed by atoms with Crippen LogP contribution in [0.25, 0.3) is 0 Å². The van der Waals surface area contributed by atoms with Gasteiger partial charge >= 0.3 is 6.03 Å².